The van der Waals surface area contributed by atoms with Gasteiger partial charge in [0.25, 0.3) is 0 Å². The van der Waals surface area contributed by atoms with E-state index in [1.165, 1.54) is 17.6 Å². The van der Waals surface area contributed by atoms with Crippen molar-refractivity contribution >= 4 is 26.0 Å². The van der Waals surface area contributed by atoms with E-state index in [2.05, 4.69) is 15.9 Å². The van der Waals surface area contributed by atoms with Crippen LogP contribution in [-0.2, 0) is 23.1 Å². The van der Waals surface area contributed by atoms with Crippen molar-refractivity contribution in [1.82, 2.24) is 4.31 Å². The molecule has 0 unspecified atom stereocenters. The molecule has 2 N–H and O–H groups in total. The third-order valence-corrected chi connectivity index (χ3v) is 5.68. The van der Waals surface area contributed by atoms with E-state index in [1.807, 2.05) is 0 Å². The van der Waals surface area contributed by atoms with Crippen molar-refractivity contribution in [2.75, 3.05) is 7.05 Å². The molecule has 0 bridgehead atoms. The topological polar surface area (TPSA) is 76.5 Å². The van der Waals surface area contributed by atoms with Gasteiger partial charge in [-0.2, -0.15) is 4.31 Å². The number of rotatable bonds is 5. The number of sulfonamides is 1. The molecule has 20 heavy (non-hydrogen) atoms. The summed E-state index contributed by atoms with van der Waals surface area (Å²) >= 11 is 3.27. The van der Waals surface area contributed by atoms with Gasteiger partial charge in [-0.15, -0.1) is 0 Å². The van der Waals surface area contributed by atoms with Crippen LogP contribution in [0.15, 0.2) is 50.4 Å². The van der Waals surface area contributed by atoms with Crippen LogP contribution in [0, 0.1) is 0 Å². The van der Waals surface area contributed by atoms with Gasteiger partial charge in [-0.1, -0.05) is 6.07 Å². The third kappa shape index (κ3) is 3.12. The largest absolute Gasteiger partial charge is 0.468 e. The van der Waals surface area contributed by atoms with Crippen molar-refractivity contribution in [1.29, 1.82) is 0 Å². The average molecular weight is 359 g/mol. The molecule has 0 aliphatic rings. The lowest BCUT2D eigenvalue weighted by molar-refractivity contribution is 0.406. The zero-order chi connectivity index (χ0) is 14.8. The molecule has 0 saturated heterocycles. The van der Waals surface area contributed by atoms with Crippen LogP contribution in [0.25, 0.3) is 0 Å². The predicted molar refractivity (Wildman–Crippen MR) is 79.4 cm³/mol. The van der Waals surface area contributed by atoms with Crippen molar-refractivity contribution in [2.45, 2.75) is 18.0 Å². The van der Waals surface area contributed by atoms with E-state index < -0.39 is 10.0 Å². The number of furan rings is 1. The van der Waals surface area contributed by atoms with Gasteiger partial charge >= 0.3 is 0 Å². The molecule has 0 aliphatic carbocycles. The zero-order valence-corrected chi connectivity index (χ0v) is 13.3. The fourth-order valence-corrected chi connectivity index (χ4v) is 3.86. The highest BCUT2D eigenvalue weighted by Crippen LogP contribution is 2.26. The molecule has 1 aromatic heterocycles. The Bertz CT molecular complexity index is 684. The molecule has 0 atom stereocenters. The van der Waals surface area contributed by atoms with Gasteiger partial charge in [0.1, 0.15) is 5.76 Å². The Morgan fingerprint density at radius 2 is 2.10 bits per heavy atom. The lowest BCUT2D eigenvalue weighted by Gasteiger charge is -2.17. The maximum absolute atomic E-state index is 12.6. The van der Waals surface area contributed by atoms with Crippen LogP contribution >= 0.6 is 15.9 Å². The van der Waals surface area contributed by atoms with Gasteiger partial charge < -0.3 is 10.2 Å². The smallest absolute Gasteiger partial charge is 0.244 e. The van der Waals surface area contributed by atoms with Gasteiger partial charge in [-0.05, 0) is 45.8 Å². The van der Waals surface area contributed by atoms with Crippen molar-refractivity contribution in [3.05, 3.63) is 52.4 Å². The summed E-state index contributed by atoms with van der Waals surface area (Å²) in [6.45, 7) is 0.465. The van der Waals surface area contributed by atoms with Crippen LogP contribution < -0.4 is 5.73 Å². The Morgan fingerprint density at radius 3 is 2.70 bits per heavy atom. The minimum atomic E-state index is -3.61. The van der Waals surface area contributed by atoms with E-state index in [0.717, 1.165) is 5.56 Å². The van der Waals surface area contributed by atoms with Crippen molar-refractivity contribution in [3.8, 4) is 0 Å². The van der Waals surface area contributed by atoms with Crippen LogP contribution in [0.1, 0.15) is 11.3 Å². The van der Waals surface area contributed by atoms with Gasteiger partial charge in [0.05, 0.1) is 17.7 Å². The molecule has 1 heterocycles. The molecule has 7 heteroatoms. The maximum Gasteiger partial charge on any atom is 0.244 e. The fraction of sp³-hybridized carbons (Fsp3) is 0.231. The lowest BCUT2D eigenvalue weighted by Crippen LogP contribution is -2.26. The maximum atomic E-state index is 12.6. The zero-order valence-electron chi connectivity index (χ0n) is 10.9. The van der Waals surface area contributed by atoms with Gasteiger partial charge in [-0.3, -0.25) is 0 Å². The molecular weight excluding hydrogens is 344 g/mol. The second-order valence-electron chi connectivity index (χ2n) is 4.31. The molecule has 0 fully saturated rings. The Kier molecular flexibility index (Phi) is 4.64. The number of hydrogen-bond donors (Lipinski definition) is 1. The van der Waals surface area contributed by atoms with Crippen LogP contribution in [0.2, 0.25) is 0 Å². The first-order chi connectivity index (χ1) is 9.45. The highest BCUT2D eigenvalue weighted by Gasteiger charge is 2.24. The summed E-state index contributed by atoms with van der Waals surface area (Å²) in [4.78, 5) is 0.203. The van der Waals surface area contributed by atoms with Gasteiger partial charge in [0.15, 0.2) is 0 Å². The second kappa shape index (κ2) is 6.09. The Balaban J connectivity index is 2.34. The van der Waals surface area contributed by atoms with Gasteiger partial charge in [-0.25, -0.2) is 8.42 Å². The summed E-state index contributed by atoms with van der Waals surface area (Å²) in [7, 11) is -2.09. The Hall–Kier alpha value is -1.15. The molecule has 2 rings (SSSR count). The summed E-state index contributed by atoms with van der Waals surface area (Å²) in [6, 6.07) is 8.52. The minimum Gasteiger partial charge on any atom is -0.468 e. The summed E-state index contributed by atoms with van der Waals surface area (Å²) in [5, 5.41) is 0. The van der Waals surface area contributed by atoms with E-state index in [9.17, 15) is 8.42 Å². The van der Waals surface area contributed by atoms with E-state index in [-0.39, 0.29) is 18.0 Å². The molecule has 0 saturated carbocycles. The predicted octanol–water partition coefficient (Wildman–Crippen LogP) is 2.32. The summed E-state index contributed by atoms with van der Waals surface area (Å²) < 4.78 is 32.1. The first kappa shape index (κ1) is 15.2. The van der Waals surface area contributed by atoms with Crippen LogP contribution in [0.4, 0.5) is 0 Å². The van der Waals surface area contributed by atoms with Crippen LogP contribution in [0.3, 0.4) is 0 Å². The molecule has 108 valence electrons. The lowest BCUT2D eigenvalue weighted by atomic mass is 10.2. The summed E-state index contributed by atoms with van der Waals surface area (Å²) in [5.41, 5.74) is 6.32. The van der Waals surface area contributed by atoms with E-state index in [1.54, 1.807) is 30.3 Å². The standard InChI is InChI=1S/C13H15BrN2O3S/c1-16(9-11-3-2-6-19-11)20(17,18)13-7-10(8-15)4-5-12(13)14/h2-7H,8-9,15H2,1H3. The molecule has 0 radical (unpaired) electrons. The summed E-state index contributed by atoms with van der Waals surface area (Å²) in [6.07, 6.45) is 1.51. The van der Waals surface area contributed by atoms with Crippen LogP contribution in [0.5, 0.6) is 0 Å². The number of halogens is 1. The molecule has 0 aliphatic heterocycles. The highest BCUT2D eigenvalue weighted by atomic mass is 79.9. The van der Waals surface area contributed by atoms with E-state index >= 15 is 0 Å². The van der Waals surface area contributed by atoms with Crippen LogP contribution in [-0.4, -0.2) is 19.8 Å². The molecule has 1 aromatic carbocycles. The molecule has 2 aromatic rings. The average Bonchev–Trinajstić information content (AvgIpc) is 2.92. The van der Waals surface area contributed by atoms with Gasteiger partial charge in [0.2, 0.25) is 10.0 Å². The minimum absolute atomic E-state index is 0.175. The first-order valence-electron chi connectivity index (χ1n) is 5.92. The monoisotopic (exact) mass is 358 g/mol. The van der Waals surface area contributed by atoms with E-state index in [4.69, 9.17) is 10.2 Å². The van der Waals surface area contributed by atoms with Crippen molar-refractivity contribution in [3.63, 3.8) is 0 Å². The van der Waals surface area contributed by atoms with Gasteiger partial charge in [0, 0.05) is 18.1 Å². The van der Waals surface area contributed by atoms with E-state index in [0.29, 0.717) is 10.2 Å². The molecule has 0 spiro atoms. The molecule has 0 amide bonds. The number of nitrogens with zero attached hydrogens (tertiary/aromatic N) is 1. The molecule has 5 nitrogen and oxygen atoms in total. The third-order valence-electron chi connectivity index (χ3n) is 2.88. The normalized spacial score (nSPS) is 12.0. The van der Waals surface area contributed by atoms with Crippen molar-refractivity contribution in [2.24, 2.45) is 5.73 Å². The van der Waals surface area contributed by atoms with Crippen molar-refractivity contribution < 1.29 is 12.8 Å². The quantitative estimate of drug-likeness (QED) is 0.889. The molecular formula is C13H15BrN2O3S. The second-order valence-corrected chi connectivity index (χ2v) is 7.18. The highest BCUT2D eigenvalue weighted by molar-refractivity contribution is 9.10. The number of nitrogens with two attached hydrogens (primary N) is 1. The summed E-state index contributed by atoms with van der Waals surface area (Å²) in [5.74, 6) is 0.585. The Labute approximate surface area is 126 Å². The Morgan fingerprint density at radius 1 is 1.35 bits per heavy atom. The first-order valence-corrected chi connectivity index (χ1v) is 8.15. The number of hydrogen-bond acceptors (Lipinski definition) is 4. The number of benzene rings is 1. The fourth-order valence-electron chi connectivity index (χ4n) is 1.75. The SMILES string of the molecule is CN(Cc1ccco1)S(=O)(=O)c1cc(CN)ccc1Br.